The van der Waals surface area contributed by atoms with Gasteiger partial charge in [-0.2, -0.15) is 11.3 Å². The third-order valence-electron chi connectivity index (χ3n) is 1.71. The molecule has 0 N–H and O–H groups in total. The van der Waals surface area contributed by atoms with Crippen molar-refractivity contribution in [3.05, 3.63) is 28.7 Å². The Morgan fingerprint density at radius 3 is 1.46 bits per heavy atom. The Hall–Kier alpha value is 1.10. The summed E-state index contributed by atoms with van der Waals surface area (Å²) in [6, 6.07) is 0. The van der Waals surface area contributed by atoms with Gasteiger partial charge in [-0.25, -0.2) is 0 Å². The van der Waals surface area contributed by atoms with E-state index in [1.807, 2.05) is 0 Å². The van der Waals surface area contributed by atoms with Gasteiger partial charge in [-0.1, -0.05) is 0 Å². The lowest BCUT2D eigenvalue weighted by molar-refractivity contribution is 1.58. The molecule has 68 valence electrons. The molecule has 0 aliphatic carbocycles. The lowest BCUT2D eigenvalue weighted by Gasteiger charge is -2.05. The minimum absolute atomic E-state index is 1.05. The van der Waals surface area contributed by atoms with Crippen LogP contribution in [0.4, 0.5) is 0 Å². The van der Waals surface area contributed by atoms with Gasteiger partial charge < -0.3 is 0 Å². The molecule has 0 amide bonds. The maximum Gasteiger partial charge on any atom is 0.0477 e. The van der Waals surface area contributed by atoms with Crippen molar-refractivity contribution in [1.82, 2.24) is 0 Å². The molecule has 0 atom stereocenters. The van der Waals surface area contributed by atoms with Crippen LogP contribution in [0.25, 0.3) is 10.8 Å². The maximum absolute atomic E-state index is 3.55. The highest BCUT2D eigenvalue weighted by Gasteiger charge is 2.13. The summed E-state index contributed by atoms with van der Waals surface area (Å²) in [4.78, 5) is 0. The summed E-state index contributed by atoms with van der Waals surface area (Å²) in [5.41, 5.74) is 0. The summed E-state index contributed by atoms with van der Waals surface area (Å²) in [5, 5.41) is 6.71. The maximum atomic E-state index is 3.55. The van der Waals surface area contributed by atoms with Crippen molar-refractivity contribution < 1.29 is 0 Å². The Kier molecular flexibility index (Phi) is 3.21. The average molecular weight is 450 g/mol. The van der Waals surface area contributed by atoms with Crippen LogP contribution in [0.5, 0.6) is 0 Å². The Balaban J connectivity index is 3.02. The smallest absolute Gasteiger partial charge is 0.0477 e. The quantitative estimate of drug-likeness (QED) is 0.344. The van der Waals surface area contributed by atoms with E-state index in [0.29, 0.717) is 0 Å². The highest BCUT2D eigenvalue weighted by molar-refractivity contribution is 9.15. The summed E-state index contributed by atoms with van der Waals surface area (Å²) in [6.45, 7) is 0. The SMILES string of the molecule is Brc1c(Br)c(Br)c2cscc2c1Br. The normalized spacial score (nSPS) is 11.1. The molecule has 2 aromatic rings. The van der Waals surface area contributed by atoms with Gasteiger partial charge in [0.1, 0.15) is 0 Å². The van der Waals surface area contributed by atoms with Crippen molar-refractivity contribution in [1.29, 1.82) is 0 Å². The van der Waals surface area contributed by atoms with Gasteiger partial charge in [-0.05, 0) is 74.5 Å². The number of hydrogen-bond donors (Lipinski definition) is 0. The molecular weight excluding hydrogens is 448 g/mol. The van der Waals surface area contributed by atoms with E-state index in [1.165, 1.54) is 10.8 Å². The Morgan fingerprint density at radius 2 is 1.08 bits per heavy atom. The van der Waals surface area contributed by atoms with Gasteiger partial charge in [0, 0.05) is 28.7 Å². The zero-order valence-electron chi connectivity index (χ0n) is 6.07. The number of rotatable bonds is 0. The van der Waals surface area contributed by atoms with Gasteiger partial charge in [0.15, 0.2) is 0 Å². The summed E-state index contributed by atoms with van der Waals surface area (Å²) in [7, 11) is 0. The van der Waals surface area contributed by atoms with Crippen LogP contribution < -0.4 is 0 Å². The second-order valence-electron chi connectivity index (χ2n) is 2.46. The van der Waals surface area contributed by atoms with Crippen LogP contribution in [0.15, 0.2) is 28.7 Å². The molecule has 0 unspecified atom stereocenters. The Labute approximate surface area is 113 Å². The first-order valence-electron chi connectivity index (χ1n) is 3.30. The molecule has 0 spiro atoms. The first-order chi connectivity index (χ1) is 6.13. The van der Waals surface area contributed by atoms with Crippen LogP contribution >= 0.6 is 75.1 Å². The van der Waals surface area contributed by atoms with E-state index in [-0.39, 0.29) is 0 Å². The molecule has 0 radical (unpaired) electrons. The van der Waals surface area contributed by atoms with E-state index in [1.54, 1.807) is 11.3 Å². The summed E-state index contributed by atoms with van der Waals surface area (Å²) < 4.78 is 4.29. The first kappa shape index (κ1) is 10.6. The minimum atomic E-state index is 1.05. The Bertz CT molecular complexity index is 432. The molecule has 0 aliphatic rings. The molecule has 2 rings (SSSR count). The summed E-state index contributed by atoms with van der Waals surface area (Å²) >= 11 is 15.8. The molecule has 0 bridgehead atoms. The van der Waals surface area contributed by atoms with Crippen LogP contribution in [0.3, 0.4) is 0 Å². The zero-order chi connectivity index (χ0) is 9.59. The van der Waals surface area contributed by atoms with Crippen LogP contribution in [-0.4, -0.2) is 0 Å². The van der Waals surface area contributed by atoms with Gasteiger partial charge in [-0.3, -0.25) is 0 Å². The second kappa shape index (κ2) is 3.93. The first-order valence-corrected chi connectivity index (χ1v) is 7.42. The van der Waals surface area contributed by atoms with Crippen molar-refractivity contribution in [3.63, 3.8) is 0 Å². The van der Waals surface area contributed by atoms with Crippen molar-refractivity contribution in [2.24, 2.45) is 0 Å². The molecule has 1 aromatic carbocycles. The van der Waals surface area contributed by atoms with Gasteiger partial charge >= 0.3 is 0 Å². The predicted octanol–water partition coefficient (Wildman–Crippen LogP) is 5.95. The number of fused-ring (bicyclic) bond motifs is 1. The standard InChI is InChI=1S/C8H2Br4S/c9-5-3-1-13-2-4(3)6(10)8(12)7(5)11/h1-2H. The van der Waals surface area contributed by atoms with Crippen LogP contribution in [-0.2, 0) is 0 Å². The number of benzene rings is 1. The number of halogens is 4. The van der Waals surface area contributed by atoms with Crippen molar-refractivity contribution in [3.8, 4) is 0 Å². The van der Waals surface area contributed by atoms with Gasteiger partial charge in [-0.15, -0.1) is 0 Å². The van der Waals surface area contributed by atoms with Crippen molar-refractivity contribution in [2.75, 3.05) is 0 Å². The van der Waals surface area contributed by atoms with E-state index in [0.717, 1.165) is 17.9 Å². The van der Waals surface area contributed by atoms with E-state index in [4.69, 9.17) is 0 Å². The van der Waals surface area contributed by atoms with E-state index in [2.05, 4.69) is 74.5 Å². The number of hydrogen-bond acceptors (Lipinski definition) is 1. The van der Waals surface area contributed by atoms with E-state index < -0.39 is 0 Å². The fourth-order valence-electron chi connectivity index (χ4n) is 1.07. The molecule has 0 saturated heterocycles. The van der Waals surface area contributed by atoms with Crippen LogP contribution in [0.2, 0.25) is 0 Å². The largest absolute Gasteiger partial charge is 0.151 e. The summed E-state index contributed by atoms with van der Waals surface area (Å²) in [5.74, 6) is 0. The highest BCUT2D eigenvalue weighted by Crippen LogP contribution is 2.44. The van der Waals surface area contributed by atoms with Crippen LogP contribution in [0.1, 0.15) is 0 Å². The van der Waals surface area contributed by atoms with Gasteiger partial charge in [0.05, 0.1) is 0 Å². The fourth-order valence-corrected chi connectivity index (χ4v) is 4.61. The predicted molar refractivity (Wildman–Crippen MR) is 72.6 cm³/mol. The third-order valence-corrected chi connectivity index (χ3v) is 7.29. The fraction of sp³-hybridized carbons (Fsp3) is 0. The molecule has 1 heterocycles. The zero-order valence-corrected chi connectivity index (χ0v) is 13.2. The van der Waals surface area contributed by atoms with E-state index in [9.17, 15) is 0 Å². The number of thiophene rings is 1. The minimum Gasteiger partial charge on any atom is -0.151 e. The molecule has 13 heavy (non-hydrogen) atoms. The molecule has 0 nitrogen and oxygen atoms in total. The molecule has 1 aromatic heterocycles. The highest BCUT2D eigenvalue weighted by atomic mass is 79.9. The molecule has 5 heteroatoms. The molecule has 0 fully saturated rings. The van der Waals surface area contributed by atoms with E-state index >= 15 is 0 Å². The van der Waals surface area contributed by atoms with Crippen molar-refractivity contribution >= 4 is 85.8 Å². The third kappa shape index (κ3) is 1.67. The topological polar surface area (TPSA) is 0 Å². The second-order valence-corrected chi connectivity index (χ2v) is 6.37. The molecular formula is C8H2Br4S. The van der Waals surface area contributed by atoms with Crippen LogP contribution in [0, 0.1) is 0 Å². The lowest BCUT2D eigenvalue weighted by atomic mass is 10.2. The Morgan fingerprint density at radius 1 is 0.692 bits per heavy atom. The van der Waals surface area contributed by atoms with Crippen molar-refractivity contribution in [2.45, 2.75) is 0 Å². The monoisotopic (exact) mass is 446 g/mol. The van der Waals surface area contributed by atoms with Gasteiger partial charge in [0.2, 0.25) is 0 Å². The lowest BCUT2D eigenvalue weighted by Crippen LogP contribution is -1.77. The summed E-state index contributed by atoms with van der Waals surface area (Å²) in [6.07, 6.45) is 0. The molecule has 0 saturated carbocycles. The van der Waals surface area contributed by atoms with Gasteiger partial charge in [0.25, 0.3) is 0 Å². The molecule has 0 aliphatic heterocycles. The average Bonchev–Trinajstić information content (AvgIpc) is 2.59.